The molecule has 11 unspecified atom stereocenters. The molecule has 4 saturated heterocycles. The minimum absolute atomic E-state index is 0.0613. The SMILES string of the molecule is CP(=O)(Cl)Cl.[B]C1CC(CO)CN(C)C1.[B]C1CN(C)CC(COP(C)(=O)Cl)O1.[B]C1C[NH2+]CC(CO)O1.[B]C1OC(CO)C(O)C1O. The van der Waals surface area contributed by atoms with Gasteiger partial charge in [-0.05, 0) is 60.3 Å². The van der Waals surface area contributed by atoms with E-state index >= 15 is 0 Å². The van der Waals surface area contributed by atoms with Gasteiger partial charge < -0.3 is 59.4 Å². The fourth-order valence-electron chi connectivity index (χ4n) is 4.85. The Morgan fingerprint density at radius 1 is 0.792 bits per heavy atom. The van der Waals surface area contributed by atoms with Crippen molar-refractivity contribution in [1.82, 2.24) is 9.80 Å². The van der Waals surface area contributed by atoms with E-state index in [0.717, 1.165) is 32.6 Å². The number of piperidine rings is 1. The number of hydrogen-bond acceptors (Lipinski definition) is 13. The number of ether oxygens (including phenoxy) is 3. The lowest BCUT2D eigenvalue weighted by atomic mass is 9.77. The molecule has 4 aliphatic rings. The second-order valence-corrected chi connectivity index (χ2v) is 21.5. The highest BCUT2D eigenvalue weighted by atomic mass is 35.9. The molecule has 0 aromatic rings. The Hall–Kier alpha value is 1.11. The first kappa shape index (κ1) is 49.1. The Balaban J connectivity index is 0.000000593. The molecule has 11 atom stereocenters. The minimum atomic E-state index is -2.94. The van der Waals surface area contributed by atoms with Crippen molar-refractivity contribution < 1.29 is 58.7 Å². The molecule has 0 bridgehead atoms. The average Bonchev–Trinajstić information content (AvgIpc) is 3.21. The van der Waals surface area contributed by atoms with Crippen LogP contribution in [0.3, 0.4) is 0 Å². The minimum Gasteiger partial charge on any atom is -0.396 e. The van der Waals surface area contributed by atoms with E-state index in [0.29, 0.717) is 19.0 Å². The molecule has 4 aliphatic heterocycles. The first-order chi connectivity index (χ1) is 22.1. The van der Waals surface area contributed by atoms with Crippen molar-refractivity contribution in [2.75, 3.05) is 93.1 Å². The molecule has 4 rings (SSSR count). The van der Waals surface area contributed by atoms with E-state index in [-0.39, 0.29) is 56.5 Å². The number of nitrogens with two attached hydrogens (primary N) is 1. The maximum Gasteiger partial charge on any atom is 0.287 e. The fraction of sp³-hybridized carbons (Fsp3) is 1.00. The van der Waals surface area contributed by atoms with Crippen LogP contribution >= 0.6 is 46.3 Å². The molecular weight excluding hydrogens is 730 g/mol. The van der Waals surface area contributed by atoms with Crippen molar-refractivity contribution in [3.8, 4) is 0 Å². The zero-order chi connectivity index (χ0) is 37.2. The van der Waals surface area contributed by atoms with Crippen LogP contribution in [0, 0.1) is 5.92 Å². The number of aliphatic hydroxyl groups excluding tert-OH is 5. The van der Waals surface area contributed by atoms with Crippen molar-refractivity contribution >= 4 is 77.7 Å². The summed E-state index contributed by atoms with van der Waals surface area (Å²) in [5.41, 5.74) is 0. The molecule has 4 fully saturated rings. The quantitative estimate of drug-likeness (QED) is 0.129. The highest BCUT2D eigenvalue weighted by Crippen LogP contribution is 2.52. The van der Waals surface area contributed by atoms with Gasteiger partial charge in [0.05, 0.1) is 52.4 Å². The standard InChI is InChI=1S/C7H14BClNO3P.C7H14BNO.C5H10BNO2.C5H9BO4.CH3Cl2OP/c1-10-3-6(13-7(8)4-10)5-12-14(2,9)11;1-9-3-6(5-10)2-7(8)4-9;6-5-2-7-1-4(3-8)9-5;6-5-4(9)3(8)2(1-7)10-5;1-5(2,3)4/h6-7H,3-5H2,1-2H3;6-7,10H,2-5H2,1H3;4-5,7-8H,1-3H2;2-5,7-9H,1H2;1H3/p+1. The normalized spacial score (nSPS) is 35.5. The molecule has 48 heavy (non-hydrogen) atoms. The van der Waals surface area contributed by atoms with Crippen molar-refractivity contribution in [2.24, 2.45) is 5.92 Å². The largest absolute Gasteiger partial charge is 0.396 e. The molecule has 0 aliphatic carbocycles. The van der Waals surface area contributed by atoms with Gasteiger partial charge in [-0.15, -0.1) is 0 Å². The number of halogens is 3. The third-order valence-corrected chi connectivity index (χ3v) is 7.76. The number of aliphatic hydroxyl groups is 5. The first-order valence-electron chi connectivity index (χ1n) is 15.3. The van der Waals surface area contributed by atoms with Crippen LogP contribution in [-0.2, 0) is 27.9 Å². The Kier molecular flexibility index (Phi) is 25.8. The van der Waals surface area contributed by atoms with Crippen molar-refractivity contribution in [1.29, 1.82) is 0 Å². The summed E-state index contributed by atoms with van der Waals surface area (Å²) >= 11 is 15.2. The third-order valence-electron chi connectivity index (χ3n) is 6.85. The first-order valence-corrected chi connectivity index (χ1v) is 22.3. The van der Waals surface area contributed by atoms with Gasteiger partial charge in [0.2, 0.25) is 5.85 Å². The summed E-state index contributed by atoms with van der Waals surface area (Å²) in [6, 6.07) is -1.39. The van der Waals surface area contributed by atoms with Gasteiger partial charge in [0.15, 0.2) is 0 Å². The summed E-state index contributed by atoms with van der Waals surface area (Å²) in [6.45, 7) is 4.93. The van der Waals surface area contributed by atoms with E-state index in [1.54, 1.807) is 0 Å². The van der Waals surface area contributed by atoms with Gasteiger partial charge in [-0.2, -0.15) is 0 Å². The summed E-state index contributed by atoms with van der Waals surface area (Å²) < 4.78 is 41.1. The summed E-state index contributed by atoms with van der Waals surface area (Å²) in [6.07, 6.45) is -2.15. The molecule has 0 saturated carbocycles. The molecule has 4 heterocycles. The van der Waals surface area contributed by atoms with E-state index in [4.69, 9.17) is 109 Å². The van der Waals surface area contributed by atoms with E-state index in [9.17, 15) is 9.13 Å². The number of nitrogens with zero attached hydrogens (tertiary/aromatic N) is 2. The monoisotopic (exact) mass is 780 g/mol. The maximum absolute atomic E-state index is 11.1. The van der Waals surface area contributed by atoms with Crippen LogP contribution in [0.25, 0.3) is 0 Å². The zero-order valence-corrected chi connectivity index (χ0v) is 32.1. The summed E-state index contributed by atoms with van der Waals surface area (Å²) in [4.78, 5) is 4.21. The summed E-state index contributed by atoms with van der Waals surface area (Å²) in [5.74, 6) is -2.04. The second kappa shape index (κ2) is 25.2. The molecule has 7 N–H and O–H groups in total. The van der Waals surface area contributed by atoms with Gasteiger partial charge in [-0.1, -0.05) is 12.2 Å². The van der Waals surface area contributed by atoms with Gasteiger partial charge in [-0.3, -0.25) is 9.13 Å². The fourth-order valence-corrected chi connectivity index (χ4v) is 5.45. The second-order valence-electron chi connectivity index (χ2n) is 12.1. The van der Waals surface area contributed by atoms with Crippen molar-refractivity contribution in [3.05, 3.63) is 0 Å². The highest BCUT2D eigenvalue weighted by molar-refractivity contribution is 8.08. The van der Waals surface area contributed by atoms with Gasteiger partial charge in [0, 0.05) is 51.6 Å². The Bertz CT molecular complexity index is 931. The Labute approximate surface area is 305 Å². The molecule has 274 valence electrons. The lowest BCUT2D eigenvalue weighted by molar-refractivity contribution is -0.680. The predicted octanol–water partition coefficient (Wildman–Crippen LogP) is -1.91. The lowest BCUT2D eigenvalue weighted by Crippen LogP contribution is -2.91. The molecule has 23 heteroatoms. The topological polar surface area (TPSA) is 195 Å². The van der Waals surface area contributed by atoms with Crippen LogP contribution in [-0.4, -0.2) is 208 Å². The number of likely N-dealkylation sites (tertiary alicyclic amines) is 1. The van der Waals surface area contributed by atoms with E-state index in [1.165, 1.54) is 13.3 Å². The molecular formula is C25H51B4Cl3N3O11P2+. The summed E-state index contributed by atoms with van der Waals surface area (Å²) in [5, 5.41) is 46.0. The predicted molar refractivity (Wildman–Crippen MR) is 191 cm³/mol. The smallest absolute Gasteiger partial charge is 0.287 e. The van der Waals surface area contributed by atoms with Crippen molar-refractivity contribution in [2.45, 2.75) is 60.8 Å². The van der Waals surface area contributed by atoms with Crippen LogP contribution in [0.4, 0.5) is 0 Å². The lowest BCUT2D eigenvalue weighted by Gasteiger charge is -2.34. The maximum atomic E-state index is 11.1. The van der Waals surface area contributed by atoms with Gasteiger partial charge in [-0.25, -0.2) is 0 Å². The Morgan fingerprint density at radius 3 is 1.73 bits per heavy atom. The number of morpholine rings is 2. The van der Waals surface area contributed by atoms with Crippen LogP contribution in [0.5, 0.6) is 0 Å². The zero-order valence-electron chi connectivity index (χ0n) is 28.0. The van der Waals surface area contributed by atoms with Gasteiger partial charge in [0.1, 0.15) is 48.4 Å². The number of likely N-dealkylation sites (N-methyl/N-ethyl adjacent to an activating group) is 1. The molecule has 14 nitrogen and oxygen atoms in total. The number of rotatable bonds is 6. The van der Waals surface area contributed by atoms with Crippen LogP contribution in [0.2, 0.25) is 5.82 Å². The van der Waals surface area contributed by atoms with Crippen molar-refractivity contribution in [3.63, 3.8) is 0 Å². The molecule has 0 amide bonds. The van der Waals surface area contributed by atoms with Crippen LogP contribution in [0.15, 0.2) is 0 Å². The third kappa shape index (κ3) is 25.1. The van der Waals surface area contributed by atoms with E-state index in [1.807, 2.05) is 19.0 Å². The number of quaternary nitrogens is 1. The molecule has 0 aromatic heterocycles. The Morgan fingerprint density at radius 2 is 1.35 bits per heavy atom. The molecule has 0 aromatic carbocycles. The molecule has 8 radical (unpaired) electrons. The van der Waals surface area contributed by atoms with Crippen LogP contribution < -0.4 is 5.32 Å². The number of hydrogen-bond donors (Lipinski definition) is 6. The van der Waals surface area contributed by atoms with Crippen LogP contribution in [0.1, 0.15) is 6.42 Å². The van der Waals surface area contributed by atoms with Gasteiger partial charge >= 0.3 is 0 Å². The van der Waals surface area contributed by atoms with E-state index in [2.05, 4.69) is 10.2 Å². The molecule has 0 spiro atoms. The van der Waals surface area contributed by atoms with E-state index < -0.39 is 36.9 Å². The van der Waals surface area contributed by atoms with Gasteiger partial charge in [0.25, 0.3) is 6.72 Å². The summed E-state index contributed by atoms with van der Waals surface area (Å²) in [7, 11) is 26.0. The average molecular weight is 781 g/mol. The highest BCUT2D eigenvalue weighted by Gasteiger charge is 2.39.